The first-order chi connectivity index (χ1) is 8.31. The molecule has 0 spiro atoms. The Bertz CT molecular complexity index is 452. The number of hydrogen-bond donors (Lipinski definition) is 2. The number of hydrogen-bond acceptors (Lipinski definition) is 3. The van der Waals surface area contributed by atoms with Crippen LogP contribution < -0.4 is 5.32 Å². The summed E-state index contributed by atoms with van der Waals surface area (Å²) in [6, 6.07) is 5.91. The molecule has 0 radical (unpaired) electrons. The van der Waals surface area contributed by atoms with Crippen molar-refractivity contribution in [3.63, 3.8) is 0 Å². The third-order valence-corrected chi connectivity index (χ3v) is 2.10. The highest BCUT2D eigenvalue weighted by molar-refractivity contribution is 5.99. The van der Waals surface area contributed by atoms with Crippen molar-refractivity contribution in [1.82, 2.24) is 0 Å². The molecule has 0 aliphatic rings. The van der Waals surface area contributed by atoms with E-state index in [1.54, 1.807) is 6.92 Å². The summed E-state index contributed by atoms with van der Waals surface area (Å²) in [7, 11) is 0. The van der Waals surface area contributed by atoms with Crippen LogP contribution in [0.4, 0.5) is 18.9 Å². The molecule has 1 aromatic carbocycles. The van der Waals surface area contributed by atoms with Gasteiger partial charge >= 0.3 is 6.18 Å². The fourth-order valence-electron chi connectivity index (χ4n) is 1.24. The Morgan fingerprint density at radius 3 is 2.33 bits per heavy atom. The molecule has 0 atom stereocenters. The maximum absolute atomic E-state index is 11.9. The summed E-state index contributed by atoms with van der Waals surface area (Å²) in [5.74, 6) is -1.12. The van der Waals surface area contributed by atoms with Crippen molar-refractivity contribution in [2.24, 2.45) is 5.16 Å². The molecule has 1 amide bonds. The maximum Gasteiger partial charge on any atom is 0.397 e. The predicted molar refractivity (Wildman–Crippen MR) is 59.7 cm³/mol. The number of carbonyl (C=O) groups is 1. The zero-order valence-corrected chi connectivity index (χ0v) is 9.45. The van der Waals surface area contributed by atoms with Gasteiger partial charge in [0.05, 0.1) is 5.71 Å². The van der Waals surface area contributed by atoms with Crippen LogP contribution in [0.5, 0.6) is 0 Å². The van der Waals surface area contributed by atoms with Gasteiger partial charge in [0.25, 0.3) is 0 Å². The molecule has 0 aromatic heterocycles. The van der Waals surface area contributed by atoms with Crippen LogP contribution in [0.2, 0.25) is 0 Å². The number of rotatable bonds is 3. The summed E-state index contributed by atoms with van der Waals surface area (Å²) in [5.41, 5.74) is 1.22. The molecular weight excluding hydrogens is 249 g/mol. The molecule has 0 fully saturated rings. The highest BCUT2D eigenvalue weighted by Crippen LogP contribution is 2.20. The third-order valence-electron chi connectivity index (χ3n) is 2.10. The smallest absolute Gasteiger partial charge is 0.397 e. The second-order valence-corrected chi connectivity index (χ2v) is 3.60. The lowest BCUT2D eigenvalue weighted by atomic mass is 10.1. The van der Waals surface area contributed by atoms with Crippen LogP contribution >= 0.6 is 0 Å². The molecule has 0 aliphatic carbocycles. The standard InChI is InChI=1S/C11H11F3N2O2/c1-7(16-18)8-2-4-9(5-3-8)15-10(17)6-11(12,13)14/h2-5,18H,6H2,1H3,(H,15,17)/b16-7+. The Labute approximate surface area is 101 Å². The highest BCUT2D eigenvalue weighted by Gasteiger charge is 2.31. The lowest BCUT2D eigenvalue weighted by molar-refractivity contribution is -0.150. The molecule has 0 unspecified atom stereocenters. The molecule has 1 rings (SSSR count). The summed E-state index contributed by atoms with van der Waals surface area (Å²) < 4.78 is 35.8. The van der Waals surface area contributed by atoms with Gasteiger partial charge in [-0.3, -0.25) is 4.79 Å². The average Bonchev–Trinajstić information content (AvgIpc) is 2.26. The average molecular weight is 260 g/mol. The molecule has 98 valence electrons. The third kappa shape index (κ3) is 4.44. The minimum atomic E-state index is -4.52. The van der Waals surface area contributed by atoms with Crippen molar-refractivity contribution in [2.45, 2.75) is 19.5 Å². The van der Waals surface area contributed by atoms with Crippen molar-refractivity contribution >= 4 is 17.3 Å². The molecular formula is C11H11F3N2O2. The van der Waals surface area contributed by atoms with Crippen molar-refractivity contribution in [3.05, 3.63) is 29.8 Å². The number of oxime groups is 1. The van der Waals surface area contributed by atoms with Gasteiger partial charge in [0.1, 0.15) is 6.42 Å². The van der Waals surface area contributed by atoms with E-state index < -0.39 is 18.5 Å². The lowest BCUT2D eigenvalue weighted by Crippen LogP contribution is -2.21. The van der Waals surface area contributed by atoms with Gasteiger partial charge in [-0.05, 0) is 24.6 Å². The first-order valence-electron chi connectivity index (χ1n) is 4.97. The zero-order chi connectivity index (χ0) is 13.8. The molecule has 7 heteroatoms. The molecule has 0 aliphatic heterocycles. The molecule has 4 nitrogen and oxygen atoms in total. The Morgan fingerprint density at radius 1 is 1.33 bits per heavy atom. The fourth-order valence-corrected chi connectivity index (χ4v) is 1.24. The van der Waals surface area contributed by atoms with E-state index in [0.717, 1.165) is 0 Å². The summed E-state index contributed by atoms with van der Waals surface area (Å²) in [4.78, 5) is 11.0. The Kier molecular flexibility index (Phi) is 4.30. The van der Waals surface area contributed by atoms with E-state index in [4.69, 9.17) is 5.21 Å². The van der Waals surface area contributed by atoms with E-state index in [1.165, 1.54) is 24.3 Å². The van der Waals surface area contributed by atoms with Crippen molar-refractivity contribution in [3.8, 4) is 0 Å². The molecule has 0 saturated carbocycles. The minimum Gasteiger partial charge on any atom is -0.411 e. The van der Waals surface area contributed by atoms with Gasteiger partial charge in [-0.15, -0.1) is 0 Å². The van der Waals surface area contributed by atoms with E-state index in [9.17, 15) is 18.0 Å². The van der Waals surface area contributed by atoms with E-state index in [1.807, 2.05) is 0 Å². The number of anilines is 1. The second-order valence-electron chi connectivity index (χ2n) is 3.60. The van der Waals surface area contributed by atoms with Gasteiger partial charge in [0.15, 0.2) is 0 Å². The van der Waals surface area contributed by atoms with E-state index in [-0.39, 0.29) is 5.69 Å². The number of alkyl halides is 3. The summed E-state index contributed by atoms with van der Waals surface area (Å²) in [6.45, 7) is 1.57. The molecule has 0 saturated heterocycles. The van der Waals surface area contributed by atoms with Crippen LogP contribution in [-0.4, -0.2) is 23.0 Å². The van der Waals surface area contributed by atoms with Gasteiger partial charge in [0.2, 0.25) is 5.91 Å². The van der Waals surface area contributed by atoms with Gasteiger partial charge in [-0.1, -0.05) is 17.3 Å². The normalized spacial score (nSPS) is 12.3. The lowest BCUT2D eigenvalue weighted by Gasteiger charge is -2.08. The van der Waals surface area contributed by atoms with Crippen LogP contribution in [0.15, 0.2) is 29.4 Å². The SMILES string of the molecule is C/C(=N\O)c1ccc(NC(=O)CC(F)(F)F)cc1. The fraction of sp³-hybridized carbons (Fsp3) is 0.273. The number of amides is 1. The van der Waals surface area contributed by atoms with Gasteiger partial charge < -0.3 is 10.5 Å². The van der Waals surface area contributed by atoms with Crippen molar-refractivity contribution < 1.29 is 23.2 Å². The maximum atomic E-state index is 11.9. The molecule has 2 N–H and O–H groups in total. The summed E-state index contributed by atoms with van der Waals surface area (Å²) in [5, 5.41) is 13.6. The number of benzene rings is 1. The number of carbonyl (C=O) groups excluding carboxylic acids is 1. The monoisotopic (exact) mass is 260 g/mol. The second kappa shape index (κ2) is 5.52. The summed E-state index contributed by atoms with van der Waals surface area (Å²) >= 11 is 0. The van der Waals surface area contributed by atoms with E-state index in [2.05, 4.69) is 10.5 Å². The Hall–Kier alpha value is -2.05. The Morgan fingerprint density at radius 2 is 1.89 bits per heavy atom. The molecule has 0 heterocycles. The first-order valence-corrected chi connectivity index (χ1v) is 4.97. The topological polar surface area (TPSA) is 61.7 Å². The van der Waals surface area contributed by atoms with E-state index >= 15 is 0 Å². The van der Waals surface area contributed by atoms with E-state index in [0.29, 0.717) is 11.3 Å². The number of nitrogens with one attached hydrogen (secondary N) is 1. The zero-order valence-electron chi connectivity index (χ0n) is 9.45. The largest absolute Gasteiger partial charge is 0.411 e. The van der Waals surface area contributed by atoms with Crippen LogP contribution in [-0.2, 0) is 4.79 Å². The van der Waals surface area contributed by atoms with Gasteiger partial charge in [-0.2, -0.15) is 13.2 Å². The number of nitrogens with zero attached hydrogens (tertiary/aromatic N) is 1. The summed E-state index contributed by atoms with van der Waals surface area (Å²) in [6.07, 6.45) is -6.05. The van der Waals surface area contributed by atoms with Crippen molar-refractivity contribution in [2.75, 3.05) is 5.32 Å². The van der Waals surface area contributed by atoms with Crippen LogP contribution in [0.3, 0.4) is 0 Å². The highest BCUT2D eigenvalue weighted by atomic mass is 19.4. The first kappa shape index (κ1) is 14.0. The number of halogens is 3. The van der Waals surface area contributed by atoms with Crippen LogP contribution in [0.25, 0.3) is 0 Å². The van der Waals surface area contributed by atoms with Crippen LogP contribution in [0, 0.1) is 0 Å². The van der Waals surface area contributed by atoms with Gasteiger partial charge in [0, 0.05) is 5.69 Å². The Balaban J connectivity index is 2.67. The molecule has 0 bridgehead atoms. The van der Waals surface area contributed by atoms with Crippen molar-refractivity contribution in [1.29, 1.82) is 0 Å². The predicted octanol–water partition coefficient (Wildman–Crippen LogP) is 2.78. The van der Waals surface area contributed by atoms with Crippen LogP contribution in [0.1, 0.15) is 18.9 Å². The molecule has 1 aromatic rings. The quantitative estimate of drug-likeness (QED) is 0.498. The molecule has 18 heavy (non-hydrogen) atoms. The van der Waals surface area contributed by atoms with Gasteiger partial charge in [-0.25, -0.2) is 0 Å². The minimum absolute atomic E-state index is 0.249.